The third-order valence-corrected chi connectivity index (χ3v) is 7.01. The fourth-order valence-electron chi connectivity index (χ4n) is 3.62. The molecule has 4 rings (SSSR count). The van der Waals surface area contributed by atoms with Gasteiger partial charge in [0.2, 0.25) is 0 Å². The van der Waals surface area contributed by atoms with Crippen molar-refractivity contribution >= 4 is 20.7 Å². The van der Waals surface area contributed by atoms with Gasteiger partial charge in [-0.25, -0.2) is 13.4 Å². The van der Waals surface area contributed by atoms with Gasteiger partial charge in [0.25, 0.3) is 5.56 Å². The lowest BCUT2D eigenvalue weighted by Crippen LogP contribution is -2.23. The molecule has 3 aromatic rings. The first-order valence-corrected chi connectivity index (χ1v) is 10.6. The van der Waals surface area contributed by atoms with Gasteiger partial charge in [0.15, 0.2) is 9.84 Å². The van der Waals surface area contributed by atoms with Crippen LogP contribution in [0, 0.1) is 6.92 Å². The van der Waals surface area contributed by atoms with Crippen molar-refractivity contribution < 1.29 is 21.6 Å². The number of nitrogens with zero attached hydrogens (tertiary/aromatic N) is 2. The van der Waals surface area contributed by atoms with Crippen LogP contribution < -0.4 is 5.56 Å². The van der Waals surface area contributed by atoms with Gasteiger partial charge < -0.3 is 0 Å². The van der Waals surface area contributed by atoms with Gasteiger partial charge in [-0.2, -0.15) is 13.2 Å². The first kappa shape index (κ1) is 19.6. The van der Waals surface area contributed by atoms with E-state index in [0.29, 0.717) is 12.2 Å². The van der Waals surface area contributed by atoms with Crippen molar-refractivity contribution in [2.24, 2.45) is 0 Å². The molecule has 0 amide bonds. The molecule has 1 atom stereocenters. The van der Waals surface area contributed by atoms with E-state index in [1.54, 1.807) is 24.3 Å². The number of alkyl halides is 3. The zero-order chi connectivity index (χ0) is 21.0. The van der Waals surface area contributed by atoms with Gasteiger partial charge in [-0.1, -0.05) is 17.7 Å². The summed E-state index contributed by atoms with van der Waals surface area (Å²) in [5, 5.41) is -0.120. The monoisotopic (exact) mass is 422 g/mol. The summed E-state index contributed by atoms with van der Waals surface area (Å²) in [6, 6.07) is 9.34. The second kappa shape index (κ2) is 6.69. The minimum atomic E-state index is -4.56. The Labute approximate surface area is 164 Å². The first-order valence-electron chi connectivity index (χ1n) is 8.97. The quantitative estimate of drug-likeness (QED) is 0.646. The molecule has 1 unspecified atom stereocenters. The van der Waals surface area contributed by atoms with Crippen molar-refractivity contribution in [2.45, 2.75) is 36.9 Å². The van der Waals surface area contributed by atoms with E-state index in [4.69, 9.17) is 0 Å². The number of aromatic nitrogens is 2. The Morgan fingerprint density at radius 2 is 1.83 bits per heavy atom. The molecular formula is C20H17F3N2O3S. The van der Waals surface area contributed by atoms with Crippen LogP contribution in [-0.2, 0) is 22.6 Å². The molecule has 2 aromatic carbocycles. The molecule has 5 nitrogen and oxygen atoms in total. The van der Waals surface area contributed by atoms with E-state index in [9.17, 15) is 26.4 Å². The minimum absolute atomic E-state index is 0.120. The molecule has 29 heavy (non-hydrogen) atoms. The highest BCUT2D eigenvalue weighted by Gasteiger charge is 2.33. The number of halogens is 3. The van der Waals surface area contributed by atoms with Crippen LogP contribution in [0.3, 0.4) is 0 Å². The molecule has 0 spiro atoms. The molecule has 0 saturated carbocycles. The summed E-state index contributed by atoms with van der Waals surface area (Å²) >= 11 is 0. The Kier molecular flexibility index (Phi) is 4.53. The molecule has 0 aliphatic carbocycles. The lowest BCUT2D eigenvalue weighted by atomic mass is 10.1. The van der Waals surface area contributed by atoms with Gasteiger partial charge in [-0.05, 0) is 43.7 Å². The van der Waals surface area contributed by atoms with Crippen LogP contribution in [-0.4, -0.2) is 23.7 Å². The van der Waals surface area contributed by atoms with Crippen LogP contribution in [0.4, 0.5) is 13.2 Å². The molecule has 2 heterocycles. The molecule has 0 fully saturated rings. The van der Waals surface area contributed by atoms with Crippen molar-refractivity contribution in [3.05, 3.63) is 69.8 Å². The maximum absolute atomic E-state index is 13.0. The standard InChI is InChI=1S/C20H17F3N2O3S/c1-12-2-5-15(6-3-12)29(27,28)11-13-8-9-25-18(13)24-17-7-4-14(20(21,22)23)10-16(17)19(25)26/h2-7,10,13H,8-9,11H2,1H3. The molecule has 152 valence electrons. The highest BCUT2D eigenvalue weighted by Crippen LogP contribution is 2.33. The van der Waals surface area contributed by atoms with Crippen LogP contribution in [0.2, 0.25) is 0 Å². The van der Waals surface area contributed by atoms with Crippen LogP contribution in [0.15, 0.2) is 52.2 Å². The van der Waals surface area contributed by atoms with E-state index in [1.807, 2.05) is 6.92 Å². The van der Waals surface area contributed by atoms with E-state index in [-0.39, 0.29) is 28.1 Å². The largest absolute Gasteiger partial charge is 0.416 e. The van der Waals surface area contributed by atoms with E-state index >= 15 is 0 Å². The third-order valence-electron chi connectivity index (χ3n) is 5.18. The minimum Gasteiger partial charge on any atom is -0.296 e. The smallest absolute Gasteiger partial charge is 0.296 e. The lowest BCUT2D eigenvalue weighted by Gasteiger charge is -2.13. The first-order chi connectivity index (χ1) is 13.6. The SMILES string of the molecule is Cc1ccc(S(=O)(=O)CC2CCn3c2nc2ccc(C(F)(F)F)cc2c3=O)cc1. The topological polar surface area (TPSA) is 69.0 Å². The summed E-state index contributed by atoms with van der Waals surface area (Å²) in [4.78, 5) is 17.3. The van der Waals surface area contributed by atoms with E-state index in [2.05, 4.69) is 4.98 Å². The zero-order valence-electron chi connectivity index (χ0n) is 15.4. The van der Waals surface area contributed by atoms with Gasteiger partial charge in [-0.15, -0.1) is 0 Å². The maximum Gasteiger partial charge on any atom is 0.416 e. The molecule has 1 aliphatic rings. The predicted octanol–water partition coefficient (Wildman–Crippen LogP) is 3.68. The zero-order valence-corrected chi connectivity index (χ0v) is 16.2. The van der Waals surface area contributed by atoms with E-state index in [1.165, 1.54) is 4.57 Å². The number of rotatable bonds is 3. The Balaban J connectivity index is 1.73. The van der Waals surface area contributed by atoms with Gasteiger partial charge >= 0.3 is 6.18 Å². The molecular weight excluding hydrogens is 405 g/mol. The van der Waals surface area contributed by atoms with Gasteiger partial charge in [0.1, 0.15) is 5.82 Å². The number of aryl methyl sites for hydroxylation is 1. The Morgan fingerprint density at radius 3 is 2.48 bits per heavy atom. The van der Waals surface area contributed by atoms with E-state index < -0.39 is 33.1 Å². The van der Waals surface area contributed by atoms with Crippen LogP contribution in [0.1, 0.15) is 29.3 Å². The number of hydrogen-bond donors (Lipinski definition) is 0. The van der Waals surface area contributed by atoms with Crippen LogP contribution in [0.5, 0.6) is 0 Å². The van der Waals surface area contributed by atoms with Crippen LogP contribution >= 0.6 is 0 Å². The van der Waals surface area contributed by atoms with Crippen molar-refractivity contribution in [1.29, 1.82) is 0 Å². The predicted molar refractivity (Wildman–Crippen MR) is 102 cm³/mol. The Morgan fingerprint density at radius 1 is 1.14 bits per heavy atom. The normalized spacial score (nSPS) is 16.9. The fourth-order valence-corrected chi connectivity index (χ4v) is 5.21. The summed E-state index contributed by atoms with van der Waals surface area (Å²) in [7, 11) is -3.60. The summed E-state index contributed by atoms with van der Waals surface area (Å²) in [6.07, 6.45) is -4.18. The van der Waals surface area contributed by atoms with Gasteiger partial charge in [0, 0.05) is 12.5 Å². The highest BCUT2D eigenvalue weighted by atomic mass is 32.2. The summed E-state index contributed by atoms with van der Waals surface area (Å²) in [5.41, 5.74) is -0.422. The maximum atomic E-state index is 13.0. The molecule has 0 bridgehead atoms. The molecule has 1 aliphatic heterocycles. The number of benzene rings is 2. The van der Waals surface area contributed by atoms with Crippen molar-refractivity contribution in [3.8, 4) is 0 Å². The highest BCUT2D eigenvalue weighted by molar-refractivity contribution is 7.91. The van der Waals surface area contributed by atoms with Crippen molar-refractivity contribution in [3.63, 3.8) is 0 Å². The van der Waals surface area contributed by atoms with Gasteiger partial charge in [0.05, 0.1) is 27.1 Å². The molecule has 0 radical (unpaired) electrons. The van der Waals surface area contributed by atoms with Crippen molar-refractivity contribution in [1.82, 2.24) is 9.55 Å². The second-order valence-corrected chi connectivity index (χ2v) is 9.27. The molecule has 9 heteroatoms. The average Bonchev–Trinajstić information content (AvgIpc) is 3.03. The molecule has 0 saturated heterocycles. The molecule has 1 aromatic heterocycles. The number of sulfone groups is 1. The number of fused-ring (bicyclic) bond motifs is 2. The Hall–Kier alpha value is -2.68. The summed E-state index contributed by atoms with van der Waals surface area (Å²) in [5.74, 6) is -0.409. The van der Waals surface area contributed by atoms with E-state index in [0.717, 1.165) is 23.8 Å². The number of hydrogen-bond acceptors (Lipinski definition) is 4. The molecule has 0 N–H and O–H groups in total. The van der Waals surface area contributed by atoms with Crippen LogP contribution in [0.25, 0.3) is 10.9 Å². The van der Waals surface area contributed by atoms with Crippen molar-refractivity contribution in [2.75, 3.05) is 5.75 Å². The lowest BCUT2D eigenvalue weighted by molar-refractivity contribution is -0.137. The van der Waals surface area contributed by atoms with Gasteiger partial charge in [-0.3, -0.25) is 9.36 Å². The Bertz CT molecular complexity index is 1260. The third kappa shape index (κ3) is 3.55. The fraction of sp³-hybridized carbons (Fsp3) is 0.300. The summed E-state index contributed by atoms with van der Waals surface area (Å²) in [6.45, 7) is 2.08. The summed E-state index contributed by atoms with van der Waals surface area (Å²) < 4.78 is 65.7. The average molecular weight is 422 g/mol. The second-order valence-electron chi connectivity index (χ2n) is 7.24.